The van der Waals surface area contributed by atoms with E-state index in [4.69, 9.17) is 4.74 Å². The van der Waals surface area contributed by atoms with Crippen LogP contribution in [-0.2, 0) is 0 Å². The monoisotopic (exact) mass is 285 g/mol. The van der Waals surface area contributed by atoms with Crippen LogP contribution in [0.5, 0.6) is 5.75 Å². The minimum Gasteiger partial charge on any atom is -0.497 e. The number of hydrogen-bond donors (Lipinski definition) is 0. The number of non-ortho nitro benzene ring substituents is 1. The van der Waals surface area contributed by atoms with Crippen molar-refractivity contribution < 1.29 is 14.5 Å². The second-order valence-electron chi connectivity index (χ2n) is 4.66. The van der Waals surface area contributed by atoms with E-state index in [1.807, 2.05) is 0 Å². The molecule has 108 valence electrons. The number of Topliss-reactive ketones (excluding diaryl/α,β-unsaturated/α-hetero) is 1. The van der Waals surface area contributed by atoms with Gasteiger partial charge >= 0.3 is 0 Å². The van der Waals surface area contributed by atoms with E-state index >= 15 is 0 Å². The second-order valence-corrected chi connectivity index (χ2v) is 4.66. The van der Waals surface area contributed by atoms with Gasteiger partial charge in [0, 0.05) is 23.6 Å². The van der Waals surface area contributed by atoms with Crippen molar-refractivity contribution in [2.45, 2.75) is 12.8 Å². The molecular weight excluding hydrogens is 270 g/mol. The number of rotatable bonds is 5. The third-order valence-corrected chi connectivity index (χ3v) is 3.37. The normalized spacial score (nSPS) is 11.7. The van der Waals surface area contributed by atoms with Crippen molar-refractivity contribution in [2.24, 2.45) is 0 Å². The van der Waals surface area contributed by atoms with Crippen molar-refractivity contribution in [1.29, 1.82) is 0 Å². The molecule has 0 heterocycles. The fourth-order valence-corrected chi connectivity index (χ4v) is 2.04. The summed E-state index contributed by atoms with van der Waals surface area (Å²) in [5.74, 6) is 0.292. The van der Waals surface area contributed by atoms with Crippen molar-refractivity contribution in [1.82, 2.24) is 0 Å². The average Bonchev–Trinajstić information content (AvgIpc) is 2.53. The number of hydrogen-bond acceptors (Lipinski definition) is 4. The minimum atomic E-state index is -0.459. The van der Waals surface area contributed by atoms with E-state index in [0.29, 0.717) is 11.3 Å². The molecule has 0 amide bonds. The highest BCUT2D eigenvalue weighted by atomic mass is 16.6. The van der Waals surface area contributed by atoms with Gasteiger partial charge in [0.25, 0.3) is 5.69 Å². The van der Waals surface area contributed by atoms with Gasteiger partial charge in [0.2, 0.25) is 0 Å². The summed E-state index contributed by atoms with van der Waals surface area (Å²) in [5, 5.41) is 10.6. The molecule has 5 heteroatoms. The summed E-state index contributed by atoms with van der Waals surface area (Å²) in [6, 6.07) is 12.9. The van der Waals surface area contributed by atoms with Gasteiger partial charge in [-0.25, -0.2) is 0 Å². The zero-order valence-corrected chi connectivity index (χ0v) is 11.8. The number of nitro groups is 1. The molecule has 2 rings (SSSR count). The van der Waals surface area contributed by atoms with Crippen molar-refractivity contribution in [3.05, 3.63) is 69.8 Å². The lowest BCUT2D eigenvalue weighted by Crippen LogP contribution is -2.09. The lowest BCUT2D eigenvalue weighted by molar-refractivity contribution is -0.384. The summed E-state index contributed by atoms with van der Waals surface area (Å²) in [5.41, 5.74) is 1.35. The van der Waals surface area contributed by atoms with Gasteiger partial charge in [0.05, 0.1) is 12.0 Å². The topological polar surface area (TPSA) is 69.4 Å². The molecule has 5 nitrogen and oxygen atoms in total. The Hall–Kier alpha value is -2.69. The van der Waals surface area contributed by atoms with Crippen molar-refractivity contribution in [2.75, 3.05) is 7.11 Å². The fourth-order valence-electron chi connectivity index (χ4n) is 2.04. The Morgan fingerprint density at radius 3 is 2.14 bits per heavy atom. The quantitative estimate of drug-likeness (QED) is 0.478. The van der Waals surface area contributed by atoms with Gasteiger partial charge in [-0.3, -0.25) is 14.9 Å². The summed E-state index contributed by atoms with van der Waals surface area (Å²) in [4.78, 5) is 22.6. The van der Waals surface area contributed by atoms with Crippen LogP contribution >= 0.6 is 0 Å². The number of ketones is 1. The molecule has 0 bridgehead atoms. The maximum atomic E-state index is 12.4. The van der Waals surface area contributed by atoms with Crippen LogP contribution in [0, 0.1) is 10.1 Å². The zero-order valence-electron chi connectivity index (χ0n) is 11.8. The van der Waals surface area contributed by atoms with Crippen LogP contribution in [0.2, 0.25) is 0 Å². The first-order valence-electron chi connectivity index (χ1n) is 6.45. The van der Waals surface area contributed by atoms with Crippen molar-refractivity contribution in [3.63, 3.8) is 0 Å². The Morgan fingerprint density at radius 1 is 1.10 bits per heavy atom. The number of nitrogens with zero attached hydrogens (tertiary/aromatic N) is 1. The first-order chi connectivity index (χ1) is 10.0. The van der Waals surface area contributed by atoms with Crippen LogP contribution in [0.3, 0.4) is 0 Å². The lowest BCUT2D eigenvalue weighted by Gasteiger charge is -2.11. The molecule has 0 aliphatic heterocycles. The first kappa shape index (κ1) is 14.7. The third kappa shape index (κ3) is 3.25. The van der Waals surface area contributed by atoms with Gasteiger partial charge in [0.15, 0.2) is 5.78 Å². The van der Waals surface area contributed by atoms with Crippen molar-refractivity contribution >= 4 is 11.5 Å². The summed E-state index contributed by atoms with van der Waals surface area (Å²) < 4.78 is 5.05. The molecule has 1 atom stereocenters. The van der Waals surface area contributed by atoms with Crippen LogP contribution in [0.4, 0.5) is 5.69 Å². The van der Waals surface area contributed by atoms with Crippen LogP contribution < -0.4 is 4.74 Å². The molecule has 0 aliphatic carbocycles. The van der Waals surface area contributed by atoms with Gasteiger partial charge in [-0.1, -0.05) is 19.1 Å². The molecule has 0 radical (unpaired) electrons. The number of methoxy groups -OCH3 is 1. The highest BCUT2D eigenvalue weighted by molar-refractivity contribution is 6.00. The highest BCUT2D eigenvalue weighted by Gasteiger charge is 2.18. The van der Waals surface area contributed by atoms with E-state index in [9.17, 15) is 14.9 Å². The smallest absolute Gasteiger partial charge is 0.269 e. The van der Waals surface area contributed by atoms with Crippen molar-refractivity contribution in [3.8, 4) is 5.75 Å². The number of nitro benzene ring substituents is 1. The molecule has 0 N–H and O–H groups in total. The molecule has 2 aromatic carbocycles. The predicted octanol–water partition coefficient (Wildman–Crippen LogP) is 3.59. The van der Waals surface area contributed by atoms with Crippen LogP contribution in [-0.4, -0.2) is 17.8 Å². The maximum absolute atomic E-state index is 12.4. The molecule has 1 unspecified atom stereocenters. The fraction of sp³-hybridized carbons (Fsp3) is 0.188. The summed E-state index contributed by atoms with van der Waals surface area (Å²) in [6.45, 7) is 1.79. The van der Waals surface area contributed by atoms with E-state index in [0.717, 1.165) is 5.56 Å². The lowest BCUT2D eigenvalue weighted by atomic mass is 9.92. The van der Waals surface area contributed by atoms with Crippen LogP contribution in [0.15, 0.2) is 48.5 Å². The Kier molecular flexibility index (Phi) is 4.33. The van der Waals surface area contributed by atoms with E-state index < -0.39 is 4.92 Å². The SMILES string of the molecule is COc1ccc(C(=O)C(C)c2ccc([N+](=O)[O-])cc2)cc1. The van der Waals surface area contributed by atoms with Gasteiger partial charge in [-0.05, 0) is 29.8 Å². The largest absolute Gasteiger partial charge is 0.497 e. The first-order valence-corrected chi connectivity index (χ1v) is 6.45. The molecule has 0 saturated heterocycles. The molecule has 0 saturated carbocycles. The predicted molar refractivity (Wildman–Crippen MR) is 78.8 cm³/mol. The molecule has 0 spiro atoms. The van der Waals surface area contributed by atoms with Crippen LogP contribution in [0.25, 0.3) is 0 Å². The zero-order chi connectivity index (χ0) is 15.4. The summed E-state index contributed by atoms with van der Waals surface area (Å²) in [6.07, 6.45) is 0. The molecular formula is C16H15NO4. The highest BCUT2D eigenvalue weighted by Crippen LogP contribution is 2.23. The van der Waals surface area contributed by atoms with Crippen LogP contribution in [0.1, 0.15) is 28.8 Å². The van der Waals surface area contributed by atoms with E-state index in [-0.39, 0.29) is 17.4 Å². The molecule has 21 heavy (non-hydrogen) atoms. The van der Waals surface area contributed by atoms with Gasteiger partial charge in [0.1, 0.15) is 5.75 Å². The summed E-state index contributed by atoms with van der Waals surface area (Å²) in [7, 11) is 1.57. The number of carbonyl (C=O) groups is 1. The summed E-state index contributed by atoms with van der Waals surface area (Å²) >= 11 is 0. The molecule has 0 aromatic heterocycles. The van der Waals surface area contributed by atoms with E-state index in [1.165, 1.54) is 12.1 Å². The molecule has 2 aromatic rings. The van der Waals surface area contributed by atoms with Gasteiger partial charge < -0.3 is 4.74 Å². The number of ether oxygens (including phenoxy) is 1. The number of carbonyl (C=O) groups excluding carboxylic acids is 1. The Balaban J connectivity index is 2.19. The standard InChI is InChI=1S/C16H15NO4/c1-11(12-3-7-14(8-4-12)17(19)20)16(18)13-5-9-15(21-2)10-6-13/h3-11H,1-2H3. The van der Waals surface area contributed by atoms with Gasteiger partial charge in [-0.2, -0.15) is 0 Å². The van der Waals surface area contributed by atoms with Gasteiger partial charge in [-0.15, -0.1) is 0 Å². The Bertz CT molecular complexity index is 647. The van der Waals surface area contributed by atoms with E-state index in [2.05, 4.69) is 0 Å². The Morgan fingerprint density at radius 2 is 1.67 bits per heavy atom. The van der Waals surface area contributed by atoms with E-state index in [1.54, 1.807) is 50.4 Å². The second kappa shape index (κ2) is 6.17. The minimum absolute atomic E-state index is 0.0165. The molecule has 0 fully saturated rings. The third-order valence-electron chi connectivity index (χ3n) is 3.37. The average molecular weight is 285 g/mol. The maximum Gasteiger partial charge on any atom is 0.269 e. The Labute approximate surface area is 122 Å². The molecule has 0 aliphatic rings. The number of benzene rings is 2.